The Morgan fingerprint density at radius 1 is 1.12 bits per heavy atom. The highest BCUT2D eigenvalue weighted by molar-refractivity contribution is 5.55. The summed E-state index contributed by atoms with van der Waals surface area (Å²) in [6, 6.07) is 6.79. The van der Waals surface area contributed by atoms with Crippen molar-refractivity contribution in [1.82, 2.24) is 9.97 Å². The van der Waals surface area contributed by atoms with Crippen LogP contribution in [0.15, 0.2) is 30.5 Å². The van der Waals surface area contributed by atoms with Crippen LogP contribution in [-0.4, -0.2) is 54.6 Å². The molecule has 0 atom stereocenters. The number of nitrogen functional groups attached to an aromatic ring is 1. The quantitative estimate of drug-likeness (QED) is 0.757. The van der Waals surface area contributed by atoms with E-state index in [1.807, 2.05) is 12.1 Å². The van der Waals surface area contributed by atoms with E-state index in [2.05, 4.69) is 14.9 Å². The number of nitrogens with zero attached hydrogens (tertiary/aromatic N) is 3. The number of pyridine rings is 2. The average molecular weight is 332 g/mol. The van der Waals surface area contributed by atoms with Crippen molar-refractivity contribution in [3.63, 3.8) is 0 Å². The third-order valence-electron chi connectivity index (χ3n) is 3.49. The molecule has 0 radical (unpaired) electrons. The minimum Gasteiger partial charge on any atom is -0.506 e. The highest BCUT2D eigenvalue weighted by Crippen LogP contribution is 2.23. The molecule has 2 aromatic heterocycles. The molecule has 1 aliphatic rings. The Morgan fingerprint density at radius 2 is 1.88 bits per heavy atom. The van der Waals surface area contributed by atoms with Gasteiger partial charge in [0.05, 0.1) is 19.4 Å². The summed E-state index contributed by atoms with van der Waals surface area (Å²) in [6.45, 7) is 3.65. The Labute approximate surface area is 139 Å². The van der Waals surface area contributed by atoms with Crippen LogP contribution in [0.25, 0.3) is 0 Å². The highest BCUT2D eigenvalue weighted by Gasteiger charge is 2.13. The summed E-state index contributed by atoms with van der Waals surface area (Å²) >= 11 is 0. The van der Waals surface area contributed by atoms with Crippen LogP contribution in [0.5, 0.6) is 17.5 Å². The minimum absolute atomic E-state index is 0.0956. The number of aromatic nitrogens is 2. The van der Waals surface area contributed by atoms with Gasteiger partial charge in [-0.25, -0.2) is 4.98 Å². The molecule has 0 saturated carbocycles. The molecule has 3 N–H and O–H groups in total. The van der Waals surface area contributed by atoms with Crippen LogP contribution in [0.2, 0.25) is 0 Å². The SMILES string of the molecule is Nc1cc(N2CCOCC2)cc(OCCOc2ccc(O)cn2)n1. The predicted octanol–water partition coefficient (Wildman–Crippen LogP) is 1.06. The number of morpholine rings is 1. The molecule has 24 heavy (non-hydrogen) atoms. The molecular weight excluding hydrogens is 312 g/mol. The van der Waals surface area contributed by atoms with Crippen molar-refractivity contribution in [3.8, 4) is 17.5 Å². The van der Waals surface area contributed by atoms with Gasteiger partial charge < -0.3 is 30.0 Å². The first-order valence-electron chi connectivity index (χ1n) is 7.71. The lowest BCUT2D eigenvalue weighted by Crippen LogP contribution is -2.36. The lowest BCUT2D eigenvalue weighted by molar-refractivity contribution is 0.122. The fourth-order valence-corrected chi connectivity index (χ4v) is 2.34. The predicted molar refractivity (Wildman–Crippen MR) is 88.6 cm³/mol. The maximum absolute atomic E-state index is 9.16. The van der Waals surface area contributed by atoms with Crippen molar-refractivity contribution in [2.75, 3.05) is 50.2 Å². The molecule has 3 rings (SSSR count). The highest BCUT2D eigenvalue weighted by atomic mass is 16.5. The zero-order valence-electron chi connectivity index (χ0n) is 13.2. The van der Waals surface area contributed by atoms with E-state index in [9.17, 15) is 0 Å². The van der Waals surface area contributed by atoms with Gasteiger partial charge in [0.15, 0.2) is 0 Å². The zero-order valence-corrected chi connectivity index (χ0v) is 13.2. The van der Waals surface area contributed by atoms with Crippen molar-refractivity contribution in [1.29, 1.82) is 0 Å². The third-order valence-corrected chi connectivity index (χ3v) is 3.49. The first kappa shape index (κ1) is 16.1. The molecule has 1 fully saturated rings. The van der Waals surface area contributed by atoms with Crippen LogP contribution in [0.4, 0.5) is 11.5 Å². The Bertz CT molecular complexity index is 660. The molecule has 0 spiro atoms. The summed E-state index contributed by atoms with van der Waals surface area (Å²) in [5, 5.41) is 9.16. The largest absolute Gasteiger partial charge is 0.506 e. The van der Waals surface area contributed by atoms with E-state index >= 15 is 0 Å². The summed E-state index contributed by atoms with van der Waals surface area (Å²) in [6.07, 6.45) is 1.32. The van der Waals surface area contributed by atoms with E-state index in [0.29, 0.717) is 44.0 Å². The molecule has 8 nitrogen and oxygen atoms in total. The summed E-state index contributed by atoms with van der Waals surface area (Å²) < 4.78 is 16.4. The second-order valence-corrected chi connectivity index (χ2v) is 5.24. The molecule has 0 aliphatic carbocycles. The Kier molecular flexibility index (Phi) is 5.17. The molecule has 1 saturated heterocycles. The number of hydrogen-bond acceptors (Lipinski definition) is 8. The van der Waals surface area contributed by atoms with E-state index in [1.165, 1.54) is 12.3 Å². The molecule has 1 aliphatic heterocycles. The first-order chi connectivity index (χ1) is 11.7. The molecule has 0 amide bonds. The average Bonchev–Trinajstić information content (AvgIpc) is 2.61. The minimum atomic E-state index is 0.0956. The van der Waals surface area contributed by atoms with Gasteiger partial charge in [-0.2, -0.15) is 4.98 Å². The van der Waals surface area contributed by atoms with E-state index in [1.54, 1.807) is 6.07 Å². The standard InChI is InChI=1S/C16H20N4O4/c17-14-9-12(20-3-5-22-6-4-20)10-16(19-14)24-8-7-23-15-2-1-13(21)11-18-15/h1-2,9-11,21H,3-8H2,(H2,17,19). The molecule has 0 bridgehead atoms. The van der Waals surface area contributed by atoms with Gasteiger partial charge >= 0.3 is 0 Å². The van der Waals surface area contributed by atoms with Crippen LogP contribution in [0, 0.1) is 0 Å². The van der Waals surface area contributed by atoms with E-state index < -0.39 is 0 Å². The van der Waals surface area contributed by atoms with E-state index in [0.717, 1.165) is 18.8 Å². The van der Waals surface area contributed by atoms with Crippen LogP contribution in [0.1, 0.15) is 0 Å². The maximum Gasteiger partial charge on any atom is 0.217 e. The first-order valence-corrected chi connectivity index (χ1v) is 7.71. The van der Waals surface area contributed by atoms with Crippen molar-refractivity contribution in [2.45, 2.75) is 0 Å². The smallest absolute Gasteiger partial charge is 0.217 e. The lowest BCUT2D eigenvalue weighted by Gasteiger charge is -2.29. The summed E-state index contributed by atoms with van der Waals surface area (Å²) in [7, 11) is 0. The fourth-order valence-electron chi connectivity index (χ4n) is 2.34. The number of ether oxygens (including phenoxy) is 3. The van der Waals surface area contributed by atoms with E-state index in [-0.39, 0.29) is 5.75 Å². The summed E-state index contributed by atoms with van der Waals surface area (Å²) in [5.74, 6) is 1.39. The molecule has 128 valence electrons. The van der Waals surface area contributed by atoms with Crippen molar-refractivity contribution in [3.05, 3.63) is 30.5 Å². The molecule has 0 aromatic carbocycles. The van der Waals surface area contributed by atoms with Crippen molar-refractivity contribution < 1.29 is 19.3 Å². The second-order valence-electron chi connectivity index (χ2n) is 5.24. The van der Waals surface area contributed by atoms with Crippen molar-refractivity contribution >= 4 is 11.5 Å². The fraction of sp³-hybridized carbons (Fsp3) is 0.375. The van der Waals surface area contributed by atoms with Gasteiger partial charge in [0.25, 0.3) is 0 Å². The Hall–Kier alpha value is -2.74. The molecule has 3 heterocycles. The lowest BCUT2D eigenvalue weighted by atomic mass is 10.3. The summed E-state index contributed by atoms with van der Waals surface area (Å²) in [5.41, 5.74) is 6.84. The molecule has 0 unspecified atom stereocenters. The zero-order chi connectivity index (χ0) is 16.8. The summed E-state index contributed by atoms with van der Waals surface area (Å²) in [4.78, 5) is 10.3. The van der Waals surface area contributed by atoms with E-state index in [4.69, 9.17) is 25.1 Å². The van der Waals surface area contributed by atoms with Gasteiger partial charge in [0.1, 0.15) is 24.8 Å². The van der Waals surface area contributed by atoms with Crippen molar-refractivity contribution in [2.24, 2.45) is 0 Å². The molecular formula is C16H20N4O4. The van der Waals surface area contributed by atoms with Gasteiger partial charge in [-0.3, -0.25) is 0 Å². The number of hydrogen-bond donors (Lipinski definition) is 2. The number of aromatic hydroxyl groups is 1. The van der Waals surface area contributed by atoms with Gasteiger partial charge in [-0.05, 0) is 6.07 Å². The molecule has 8 heteroatoms. The molecule has 2 aromatic rings. The number of rotatable bonds is 6. The number of anilines is 2. The second kappa shape index (κ2) is 7.69. The topological polar surface area (TPSA) is 103 Å². The monoisotopic (exact) mass is 332 g/mol. The van der Waals surface area contributed by atoms with Gasteiger partial charge in [-0.1, -0.05) is 0 Å². The van der Waals surface area contributed by atoms with Gasteiger partial charge in [-0.15, -0.1) is 0 Å². The van der Waals surface area contributed by atoms with Gasteiger partial charge in [0, 0.05) is 37.0 Å². The Balaban J connectivity index is 1.52. The van der Waals surface area contributed by atoms with Gasteiger partial charge in [0.2, 0.25) is 11.8 Å². The number of nitrogens with two attached hydrogens (primary N) is 1. The van der Waals surface area contributed by atoms with Crippen LogP contribution in [-0.2, 0) is 4.74 Å². The third kappa shape index (κ3) is 4.39. The van der Waals surface area contributed by atoms with Crippen LogP contribution >= 0.6 is 0 Å². The van der Waals surface area contributed by atoms with Crippen LogP contribution in [0.3, 0.4) is 0 Å². The Morgan fingerprint density at radius 3 is 2.58 bits per heavy atom. The van der Waals surface area contributed by atoms with Crippen LogP contribution < -0.4 is 20.1 Å². The maximum atomic E-state index is 9.16. The normalized spacial score (nSPS) is 14.4.